The van der Waals surface area contributed by atoms with Gasteiger partial charge in [-0.25, -0.2) is 0 Å². The number of ether oxygens (including phenoxy) is 2. The number of hydrogen-bond donors (Lipinski definition) is 1. The molecule has 0 amide bonds. The van der Waals surface area contributed by atoms with Crippen LogP contribution in [0.3, 0.4) is 0 Å². The molecule has 1 aliphatic rings. The second-order valence-electron chi connectivity index (χ2n) is 10.3. The first-order valence-corrected chi connectivity index (χ1v) is 12.4. The minimum Gasteiger partial charge on any atom is -0.489 e. The molecule has 0 spiro atoms. The summed E-state index contributed by atoms with van der Waals surface area (Å²) in [4.78, 5) is 6.23. The lowest BCUT2D eigenvalue weighted by Gasteiger charge is -2.35. The summed E-state index contributed by atoms with van der Waals surface area (Å²) in [5.74, 6) is 1.27. The predicted molar refractivity (Wildman–Crippen MR) is 142 cm³/mol. The van der Waals surface area contributed by atoms with Gasteiger partial charge in [-0.3, -0.25) is 9.88 Å². The molecule has 3 heterocycles. The van der Waals surface area contributed by atoms with Gasteiger partial charge in [-0.1, -0.05) is 30.3 Å². The predicted octanol–water partition coefficient (Wildman–Crippen LogP) is 5.92. The molecule has 7 heteroatoms. The van der Waals surface area contributed by atoms with Gasteiger partial charge in [0, 0.05) is 36.2 Å². The lowest BCUT2D eigenvalue weighted by molar-refractivity contribution is -0.0897. The monoisotopic (exact) mass is 497 g/mol. The van der Waals surface area contributed by atoms with Crippen molar-refractivity contribution in [1.29, 1.82) is 5.26 Å². The van der Waals surface area contributed by atoms with Gasteiger partial charge in [0.05, 0.1) is 17.8 Å². The van der Waals surface area contributed by atoms with Gasteiger partial charge in [-0.2, -0.15) is 5.26 Å². The molecule has 7 nitrogen and oxygen atoms in total. The van der Waals surface area contributed by atoms with Crippen LogP contribution in [0, 0.1) is 11.3 Å². The van der Waals surface area contributed by atoms with Gasteiger partial charge in [0.1, 0.15) is 35.4 Å². The Balaban J connectivity index is 1.44. The van der Waals surface area contributed by atoms with E-state index in [9.17, 15) is 10.4 Å². The molecule has 2 aromatic carbocycles. The van der Waals surface area contributed by atoms with Crippen LogP contribution in [0.5, 0.6) is 5.75 Å². The maximum Gasteiger partial charge on any atom is 0.161 e. The van der Waals surface area contributed by atoms with Gasteiger partial charge < -0.3 is 19.0 Å². The van der Waals surface area contributed by atoms with Crippen LogP contribution < -0.4 is 4.74 Å². The van der Waals surface area contributed by atoms with Crippen LogP contribution in [0.4, 0.5) is 0 Å². The molecule has 0 bridgehead atoms. The lowest BCUT2D eigenvalue weighted by Crippen LogP contribution is -2.39. The van der Waals surface area contributed by atoms with E-state index in [1.165, 1.54) is 0 Å². The van der Waals surface area contributed by atoms with Crippen molar-refractivity contribution in [3.05, 3.63) is 71.9 Å². The second kappa shape index (κ2) is 9.98. The summed E-state index contributed by atoms with van der Waals surface area (Å²) in [6, 6.07) is 19.4. The first-order valence-electron chi connectivity index (χ1n) is 12.4. The average Bonchev–Trinajstić information content (AvgIpc) is 3.32. The Hall–Kier alpha value is -3.70. The van der Waals surface area contributed by atoms with E-state index in [0.29, 0.717) is 29.3 Å². The molecular formula is C30H31N3O4. The van der Waals surface area contributed by atoms with Gasteiger partial charge in [-0.15, -0.1) is 0 Å². The highest BCUT2D eigenvalue weighted by atomic mass is 16.5. The first-order chi connectivity index (χ1) is 17.7. The number of aliphatic hydroxyl groups excluding tert-OH is 1. The summed E-state index contributed by atoms with van der Waals surface area (Å²) >= 11 is 0. The Morgan fingerprint density at radius 2 is 1.86 bits per heavy atom. The maximum atomic E-state index is 10.3. The highest BCUT2D eigenvalue weighted by Gasteiger charge is 2.30. The lowest BCUT2D eigenvalue weighted by atomic mass is 9.95. The quantitative estimate of drug-likeness (QED) is 0.331. The van der Waals surface area contributed by atoms with Crippen LogP contribution in [0.2, 0.25) is 0 Å². The Kier molecular flexibility index (Phi) is 6.74. The molecule has 4 aromatic rings. The SMILES string of the molecule is CN(C)C(O)c1ccc(-c2cc3nccc(-c4ccc(OC5CCOC(C)(C)C5)c(C#N)c4)c3o2)cc1. The third-order valence-electron chi connectivity index (χ3n) is 6.75. The summed E-state index contributed by atoms with van der Waals surface area (Å²) in [5, 5.41) is 20.1. The molecule has 1 aliphatic heterocycles. The minimum atomic E-state index is -0.669. The van der Waals surface area contributed by atoms with Gasteiger partial charge in [0.15, 0.2) is 5.58 Å². The molecule has 1 saturated heterocycles. The summed E-state index contributed by atoms with van der Waals surface area (Å²) in [6.45, 7) is 4.77. The zero-order valence-electron chi connectivity index (χ0n) is 21.6. The Bertz CT molecular complexity index is 1450. The van der Waals surface area contributed by atoms with E-state index in [-0.39, 0.29) is 11.7 Å². The van der Waals surface area contributed by atoms with Crippen molar-refractivity contribution < 1.29 is 19.0 Å². The number of rotatable bonds is 6. The summed E-state index contributed by atoms with van der Waals surface area (Å²) < 4.78 is 18.3. The third kappa shape index (κ3) is 5.23. The normalized spacial score (nSPS) is 18.0. The molecule has 2 aromatic heterocycles. The van der Waals surface area contributed by atoms with E-state index in [0.717, 1.165) is 40.6 Å². The van der Waals surface area contributed by atoms with Gasteiger partial charge >= 0.3 is 0 Å². The van der Waals surface area contributed by atoms with Gasteiger partial charge in [-0.05, 0) is 57.3 Å². The highest BCUT2D eigenvalue weighted by molar-refractivity contribution is 5.92. The fourth-order valence-electron chi connectivity index (χ4n) is 4.77. The minimum absolute atomic E-state index is 0.00666. The van der Waals surface area contributed by atoms with Crippen LogP contribution in [-0.4, -0.2) is 47.4 Å². The molecule has 0 aliphatic carbocycles. The van der Waals surface area contributed by atoms with Gasteiger partial charge in [0.2, 0.25) is 0 Å². The van der Waals surface area contributed by atoms with Crippen molar-refractivity contribution in [3.8, 4) is 34.3 Å². The molecule has 37 heavy (non-hydrogen) atoms. The van der Waals surface area contributed by atoms with Crippen molar-refractivity contribution in [1.82, 2.24) is 9.88 Å². The number of fused-ring (bicyclic) bond motifs is 1. The largest absolute Gasteiger partial charge is 0.489 e. The number of benzene rings is 2. The number of furan rings is 1. The molecular weight excluding hydrogens is 466 g/mol. The van der Waals surface area contributed by atoms with E-state index < -0.39 is 6.23 Å². The van der Waals surface area contributed by atoms with Crippen LogP contribution in [0.15, 0.2) is 65.2 Å². The van der Waals surface area contributed by atoms with Crippen molar-refractivity contribution in [2.24, 2.45) is 0 Å². The van der Waals surface area contributed by atoms with E-state index in [4.69, 9.17) is 13.9 Å². The van der Waals surface area contributed by atoms with Crippen LogP contribution in [0.1, 0.15) is 44.0 Å². The second-order valence-corrected chi connectivity index (χ2v) is 10.3. The van der Waals surface area contributed by atoms with E-state index in [2.05, 4.69) is 24.9 Å². The van der Waals surface area contributed by atoms with E-state index in [1.807, 2.05) is 68.7 Å². The standard InChI is InChI=1S/C30H31N3O4/c1-30(2)17-23(12-14-35-30)36-26-10-9-21(15-22(26)18-31)24-11-13-32-25-16-27(37-28(24)25)19-5-7-20(8-6-19)29(34)33(3)4/h5-11,13,15-16,23,29,34H,12,14,17H2,1-4H3. The van der Waals surface area contributed by atoms with Crippen molar-refractivity contribution >= 4 is 11.1 Å². The highest BCUT2D eigenvalue weighted by Crippen LogP contribution is 2.36. The van der Waals surface area contributed by atoms with Crippen molar-refractivity contribution in [2.75, 3.05) is 20.7 Å². The number of hydrogen-bond acceptors (Lipinski definition) is 7. The first kappa shape index (κ1) is 25.0. The molecule has 190 valence electrons. The zero-order chi connectivity index (χ0) is 26.2. The van der Waals surface area contributed by atoms with Crippen molar-refractivity contribution in [3.63, 3.8) is 0 Å². The van der Waals surface area contributed by atoms with Crippen LogP contribution in [-0.2, 0) is 4.74 Å². The fraction of sp³-hybridized carbons (Fsp3) is 0.333. The van der Waals surface area contributed by atoms with Crippen molar-refractivity contribution in [2.45, 2.75) is 44.6 Å². The number of aromatic nitrogens is 1. The third-order valence-corrected chi connectivity index (χ3v) is 6.75. The molecule has 0 radical (unpaired) electrons. The summed E-state index contributed by atoms with van der Waals surface area (Å²) in [5.41, 5.74) is 5.03. The molecule has 1 N–H and O–H groups in total. The molecule has 1 fully saturated rings. The number of nitriles is 1. The summed E-state index contributed by atoms with van der Waals surface area (Å²) in [7, 11) is 3.65. The average molecular weight is 498 g/mol. The zero-order valence-corrected chi connectivity index (χ0v) is 21.6. The fourth-order valence-corrected chi connectivity index (χ4v) is 4.77. The van der Waals surface area contributed by atoms with Crippen LogP contribution in [0.25, 0.3) is 33.6 Å². The number of pyridine rings is 1. The molecule has 5 rings (SSSR count). The number of aliphatic hydroxyl groups is 1. The van der Waals surface area contributed by atoms with E-state index >= 15 is 0 Å². The summed E-state index contributed by atoms with van der Waals surface area (Å²) in [6.07, 6.45) is 2.65. The topological polar surface area (TPSA) is 91.8 Å². The Morgan fingerprint density at radius 3 is 2.57 bits per heavy atom. The molecule has 0 saturated carbocycles. The smallest absolute Gasteiger partial charge is 0.161 e. The number of nitrogens with zero attached hydrogens (tertiary/aromatic N) is 3. The molecule has 2 unspecified atom stereocenters. The van der Waals surface area contributed by atoms with Crippen LogP contribution >= 0.6 is 0 Å². The molecule has 2 atom stereocenters. The van der Waals surface area contributed by atoms with Gasteiger partial charge in [0.25, 0.3) is 0 Å². The Labute approximate surface area is 216 Å². The Morgan fingerprint density at radius 1 is 1.11 bits per heavy atom. The maximum absolute atomic E-state index is 10.3. The van der Waals surface area contributed by atoms with E-state index in [1.54, 1.807) is 11.1 Å².